The molecule has 1 aliphatic rings. The molecule has 1 atom stereocenters. The maximum atomic E-state index is 12.7. The number of hydrogen-bond donors (Lipinski definition) is 2. The van der Waals surface area contributed by atoms with Crippen molar-refractivity contribution in [1.29, 1.82) is 0 Å². The van der Waals surface area contributed by atoms with E-state index in [1.165, 1.54) is 12.1 Å². The molecule has 3 heterocycles. The Labute approximate surface area is 191 Å². The Balaban J connectivity index is 1.56. The number of carbonyl (C=O) groups excluding carboxylic acids is 1. The number of sulfonamides is 1. The van der Waals surface area contributed by atoms with Crippen molar-refractivity contribution >= 4 is 36.9 Å². The Hall–Kier alpha value is -3.02. The number of esters is 1. The van der Waals surface area contributed by atoms with Gasteiger partial charge >= 0.3 is 5.97 Å². The molecule has 0 amide bonds. The van der Waals surface area contributed by atoms with E-state index in [1.807, 2.05) is 6.07 Å². The second kappa shape index (κ2) is 8.73. The van der Waals surface area contributed by atoms with Gasteiger partial charge in [-0.25, -0.2) is 26.5 Å². The van der Waals surface area contributed by atoms with Crippen molar-refractivity contribution in [3.63, 3.8) is 0 Å². The fraction of sp³-hybridized carbons (Fsp3) is 0.273. The third kappa shape index (κ3) is 5.32. The number of rotatable bonds is 7. The molecule has 11 heteroatoms. The second-order valence-electron chi connectivity index (χ2n) is 8.01. The number of fused-ring (bicyclic) bond motifs is 1. The topological polar surface area (TPSA) is 135 Å². The first-order chi connectivity index (χ1) is 15.5. The first-order valence-electron chi connectivity index (χ1n) is 10.2. The van der Waals surface area contributed by atoms with Crippen molar-refractivity contribution in [2.45, 2.75) is 30.7 Å². The van der Waals surface area contributed by atoms with E-state index in [-0.39, 0.29) is 29.2 Å². The summed E-state index contributed by atoms with van der Waals surface area (Å²) in [4.78, 5) is 19.4. The van der Waals surface area contributed by atoms with Crippen molar-refractivity contribution in [3.05, 3.63) is 60.6 Å². The Morgan fingerprint density at radius 1 is 1.27 bits per heavy atom. The van der Waals surface area contributed by atoms with Crippen LogP contribution < -0.4 is 4.72 Å². The van der Waals surface area contributed by atoms with E-state index in [9.17, 15) is 21.6 Å². The first kappa shape index (κ1) is 23.1. The minimum Gasteiger partial charge on any atom is -0.432 e. The van der Waals surface area contributed by atoms with Crippen LogP contribution in [0.4, 0.5) is 0 Å². The van der Waals surface area contributed by atoms with Crippen LogP contribution in [0.1, 0.15) is 19.0 Å². The van der Waals surface area contributed by atoms with Gasteiger partial charge in [-0.3, -0.25) is 4.79 Å². The van der Waals surface area contributed by atoms with Gasteiger partial charge in [0.2, 0.25) is 10.0 Å². The summed E-state index contributed by atoms with van der Waals surface area (Å²) in [6.07, 6.45) is 1.92. The second-order valence-corrected chi connectivity index (χ2v) is 12.0. The molecule has 3 aromatic rings. The molecule has 1 aromatic carbocycles. The molecule has 1 fully saturated rings. The lowest BCUT2D eigenvalue weighted by Crippen LogP contribution is -2.35. The number of carbonyl (C=O) groups is 1. The molecule has 0 saturated carbocycles. The smallest absolute Gasteiger partial charge is 0.316 e. The average Bonchev–Trinajstić information content (AvgIpc) is 3.28. The third-order valence-corrected chi connectivity index (χ3v) is 8.54. The quantitative estimate of drug-likeness (QED) is 0.384. The molecule has 1 aliphatic heterocycles. The standard InChI is InChI=1S/C22H23N3O6S2/c1-14(2)31-21(26)12-17-11-20-19(7-9-23-22(20)24-17)15-3-5-18(6-4-15)33(29,30)25-16-8-10-32(27,28)13-16/h3-7,9,11,16,25H,1,8,10,12-13H2,2H3,(H,23,24). The van der Waals surface area contributed by atoms with Crippen LogP contribution in [0.25, 0.3) is 22.2 Å². The van der Waals surface area contributed by atoms with Crippen LogP contribution >= 0.6 is 0 Å². The molecule has 0 bridgehead atoms. The summed E-state index contributed by atoms with van der Waals surface area (Å²) < 4.78 is 56.0. The average molecular weight is 490 g/mol. The number of sulfone groups is 1. The maximum absolute atomic E-state index is 12.7. The lowest BCUT2D eigenvalue weighted by atomic mass is 10.0. The monoisotopic (exact) mass is 489 g/mol. The Bertz CT molecular complexity index is 1440. The van der Waals surface area contributed by atoms with Crippen LogP contribution in [0, 0.1) is 0 Å². The van der Waals surface area contributed by atoms with Gasteiger partial charge in [-0.2, -0.15) is 0 Å². The van der Waals surface area contributed by atoms with E-state index in [0.717, 1.165) is 16.5 Å². The number of hydrogen-bond acceptors (Lipinski definition) is 7. The number of nitrogens with zero attached hydrogens (tertiary/aromatic N) is 1. The summed E-state index contributed by atoms with van der Waals surface area (Å²) in [5.74, 6) is -0.322. The lowest BCUT2D eigenvalue weighted by Gasteiger charge is -2.12. The normalized spacial score (nSPS) is 17.8. The minimum absolute atomic E-state index is 0.0132. The minimum atomic E-state index is -3.85. The summed E-state index contributed by atoms with van der Waals surface area (Å²) in [6.45, 7) is 5.15. The molecular formula is C22H23N3O6S2. The van der Waals surface area contributed by atoms with Gasteiger partial charge in [-0.05, 0) is 48.7 Å². The fourth-order valence-electron chi connectivity index (χ4n) is 3.80. The van der Waals surface area contributed by atoms with Crippen LogP contribution in [-0.2, 0) is 35.8 Å². The van der Waals surface area contributed by atoms with E-state index in [4.69, 9.17) is 4.74 Å². The number of aromatic amines is 1. The number of nitrogens with one attached hydrogen (secondary N) is 2. The van der Waals surface area contributed by atoms with Crippen LogP contribution in [0.15, 0.2) is 59.8 Å². The van der Waals surface area contributed by atoms with Crippen molar-refractivity contribution in [2.75, 3.05) is 11.5 Å². The molecule has 9 nitrogen and oxygen atoms in total. The zero-order chi connectivity index (χ0) is 23.8. The largest absolute Gasteiger partial charge is 0.432 e. The number of pyridine rings is 1. The Morgan fingerprint density at radius 2 is 2.00 bits per heavy atom. The third-order valence-electron chi connectivity index (χ3n) is 5.24. The molecule has 2 aromatic heterocycles. The van der Waals surface area contributed by atoms with E-state index >= 15 is 0 Å². The number of allylic oxidation sites excluding steroid dienone is 1. The van der Waals surface area contributed by atoms with Gasteiger partial charge < -0.3 is 9.72 Å². The predicted molar refractivity (Wildman–Crippen MR) is 124 cm³/mol. The van der Waals surface area contributed by atoms with Gasteiger partial charge in [0.1, 0.15) is 5.65 Å². The maximum Gasteiger partial charge on any atom is 0.316 e. The van der Waals surface area contributed by atoms with Gasteiger partial charge in [0.05, 0.1) is 28.6 Å². The van der Waals surface area contributed by atoms with Crippen molar-refractivity contribution in [3.8, 4) is 11.1 Å². The SMILES string of the molecule is C=C(C)OC(=O)Cc1cc2c(-c3ccc(S(=O)(=O)NC4CCS(=O)(=O)C4)cc3)ccnc2[nH]1. The van der Waals surface area contributed by atoms with Crippen molar-refractivity contribution < 1.29 is 26.4 Å². The Kier molecular flexibility index (Phi) is 6.12. The molecule has 33 heavy (non-hydrogen) atoms. The molecule has 0 aliphatic carbocycles. The van der Waals surface area contributed by atoms with Crippen LogP contribution in [0.5, 0.6) is 0 Å². The number of H-pyrrole nitrogens is 1. The number of benzene rings is 1. The highest BCUT2D eigenvalue weighted by atomic mass is 32.2. The summed E-state index contributed by atoms with van der Waals surface area (Å²) in [5, 5.41) is 0.778. The predicted octanol–water partition coefficient (Wildman–Crippen LogP) is 2.31. The zero-order valence-corrected chi connectivity index (χ0v) is 19.5. The Morgan fingerprint density at radius 3 is 2.64 bits per heavy atom. The highest BCUT2D eigenvalue weighted by molar-refractivity contribution is 7.92. The van der Waals surface area contributed by atoms with Crippen LogP contribution in [0.2, 0.25) is 0 Å². The van der Waals surface area contributed by atoms with Crippen molar-refractivity contribution in [2.24, 2.45) is 0 Å². The van der Waals surface area contributed by atoms with Crippen molar-refractivity contribution in [1.82, 2.24) is 14.7 Å². The molecule has 0 spiro atoms. The molecule has 0 radical (unpaired) electrons. The van der Waals surface area contributed by atoms with Gasteiger partial charge in [-0.1, -0.05) is 18.7 Å². The molecule has 2 N–H and O–H groups in total. The highest BCUT2D eigenvalue weighted by Crippen LogP contribution is 2.29. The van der Waals surface area contributed by atoms with Gasteiger partial charge in [0.25, 0.3) is 0 Å². The molecule has 1 unspecified atom stereocenters. The van der Waals surface area contributed by atoms with Gasteiger partial charge in [0.15, 0.2) is 9.84 Å². The zero-order valence-electron chi connectivity index (χ0n) is 17.9. The first-order valence-corrected chi connectivity index (χ1v) is 13.5. The summed E-state index contributed by atoms with van der Waals surface area (Å²) in [5.41, 5.74) is 2.80. The highest BCUT2D eigenvalue weighted by Gasteiger charge is 2.31. The molecule has 4 rings (SSSR count). The molecular weight excluding hydrogens is 466 g/mol. The summed E-state index contributed by atoms with van der Waals surface area (Å²) >= 11 is 0. The van der Waals surface area contributed by atoms with Gasteiger partial charge in [0, 0.05) is 23.3 Å². The van der Waals surface area contributed by atoms with E-state index in [0.29, 0.717) is 17.1 Å². The summed E-state index contributed by atoms with van der Waals surface area (Å²) in [7, 11) is -7.04. The van der Waals surface area contributed by atoms with Crippen LogP contribution in [0.3, 0.4) is 0 Å². The summed E-state index contributed by atoms with van der Waals surface area (Å²) in [6, 6.07) is 9.31. The van der Waals surface area contributed by atoms with E-state index in [2.05, 4.69) is 21.3 Å². The number of ether oxygens (including phenoxy) is 1. The number of aromatic nitrogens is 2. The lowest BCUT2D eigenvalue weighted by molar-refractivity contribution is -0.138. The van der Waals surface area contributed by atoms with E-state index < -0.39 is 31.9 Å². The molecule has 174 valence electrons. The van der Waals surface area contributed by atoms with Crippen LogP contribution in [-0.4, -0.2) is 50.3 Å². The fourth-order valence-corrected chi connectivity index (χ4v) is 6.85. The molecule has 1 saturated heterocycles. The van der Waals surface area contributed by atoms with Gasteiger partial charge in [-0.15, -0.1) is 0 Å². The van der Waals surface area contributed by atoms with E-state index in [1.54, 1.807) is 31.3 Å².